The number of rotatable bonds is 15. The van der Waals surface area contributed by atoms with E-state index in [1.807, 2.05) is 0 Å². The molecule has 0 atom stereocenters. The van der Waals surface area contributed by atoms with Gasteiger partial charge in [-0.15, -0.1) is 0 Å². The number of aliphatic hydroxyl groups excluding tert-OH is 2. The Morgan fingerprint density at radius 1 is 0.431 bits per heavy atom. The van der Waals surface area contributed by atoms with Crippen molar-refractivity contribution in [2.75, 3.05) is 62.3 Å². The van der Waals surface area contributed by atoms with E-state index in [1.54, 1.807) is 0 Å². The summed E-state index contributed by atoms with van der Waals surface area (Å²) in [6.45, 7) is 11.6. The van der Waals surface area contributed by atoms with Gasteiger partial charge >= 0.3 is 0 Å². The summed E-state index contributed by atoms with van der Waals surface area (Å²) in [4.78, 5) is 7.54. The Bertz CT molecular complexity index is 2400. The van der Waals surface area contributed by atoms with E-state index in [9.17, 15) is 10.2 Å². The van der Waals surface area contributed by atoms with Crippen molar-refractivity contribution >= 4 is 65.5 Å². The highest BCUT2D eigenvalue weighted by molar-refractivity contribution is 9.10. The predicted octanol–water partition coefficient (Wildman–Crippen LogP) is 13.9. The van der Waals surface area contributed by atoms with Gasteiger partial charge in [-0.3, -0.25) is 4.90 Å². The van der Waals surface area contributed by atoms with Gasteiger partial charge in [-0.1, -0.05) is 141 Å². The molecule has 0 unspecified atom stereocenters. The lowest BCUT2D eigenvalue weighted by Gasteiger charge is -2.38. The highest BCUT2D eigenvalue weighted by Crippen LogP contribution is 2.38. The lowest BCUT2D eigenvalue weighted by molar-refractivity contribution is 0.209. The monoisotopic (exact) mass is 993 g/mol. The van der Waals surface area contributed by atoms with Crippen molar-refractivity contribution < 1.29 is 10.2 Å². The lowest BCUT2D eigenvalue weighted by atomic mass is 9.87. The van der Waals surface area contributed by atoms with E-state index in [-0.39, 0.29) is 13.2 Å². The Labute approximate surface area is 405 Å². The van der Waals surface area contributed by atoms with Crippen LogP contribution < -0.4 is 9.80 Å². The first-order chi connectivity index (χ1) is 31.8. The van der Waals surface area contributed by atoms with Gasteiger partial charge in [0, 0.05) is 78.8 Å². The summed E-state index contributed by atoms with van der Waals surface area (Å²) in [6.07, 6.45) is 7.05. The quantitative estimate of drug-likeness (QED) is 0.100. The summed E-state index contributed by atoms with van der Waals surface area (Å²) in [5.74, 6) is 0. The zero-order valence-corrected chi connectivity index (χ0v) is 41.4. The minimum absolute atomic E-state index is 0.186. The Hall–Kier alpha value is -4.76. The average molecular weight is 996 g/mol. The maximum absolute atomic E-state index is 9.62. The topological polar surface area (TPSA) is 50.2 Å². The first-order valence-electron chi connectivity index (χ1n) is 23.6. The summed E-state index contributed by atoms with van der Waals surface area (Å²) in [7, 11) is 0. The van der Waals surface area contributed by atoms with E-state index in [0.29, 0.717) is 6.04 Å². The van der Waals surface area contributed by atoms with Crippen molar-refractivity contribution in [3.8, 4) is 0 Å². The van der Waals surface area contributed by atoms with Gasteiger partial charge in [0.2, 0.25) is 0 Å². The Balaban J connectivity index is 0.000000195. The third-order valence-corrected chi connectivity index (χ3v) is 13.8. The highest BCUT2D eigenvalue weighted by atomic mass is 79.9. The predicted molar refractivity (Wildman–Crippen MR) is 284 cm³/mol. The molecule has 5 nitrogen and oxygen atoms in total. The van der Waals surface area contributed by atoms with Gasteiger partial charge in [-0.25, -0.2) is 0 Å². The van der Waals surface area contributed by atoms with Crippen LogP contribution in [0.15, 0.2) is 167 Å². The lowest BCUT2D eigenvalue weighted by Crippen LogP contribution is -2.48. The first kappa shape index (κ1) is 48.2. The molecule has 2 saturated heterocycles. The number of allylic oxidation sites excluding steroid dienone is 2. The molecule has 6 aromatic carbocycles. The minimum atomic E-state index is 0.186. The number of piperazine rings is 1. The number of benzene rings is 6. The Kier molecular flexibility index (Phi) is 18.3. The van der Waals surface area contributed by atoms with E-state index in [2.05, 4.69) is 218 Å². The van der Waals surface area contributed by atoms with E-state index >= 15 is 0 Å². The van der Waals surface area contributed by atoms with Crippen molar-refractivity contribution in [3.63, 3.8) is 0 Å². The molecule has 338 valence electrons. The van der Waals surface area contributed by atoms with Gasteiger partial charge in [0.15, 0.2) is 0 Å². The van der Waals surface area contributed by atoms with E-state index < -0.39 is 0 Å². The van der Waals surface area contributed by atoms with E-state index in [1.165, 1.54) is 86.3 Å². The van der Waals surface area contributed by atoms with Crippen molar-refractivity contribution in [2.24, 2.45) is 0 Å². The second-order valence-electron chi connectivity index (χ2n) is 17.4. The largest absolute Gasteiger partial charge is 0.396 e. The zero-order valence-electron chi connectivity index (χ0n) is 38.2. The van der Waals surface area contributed by atoms with Crippen LogP contribution in [0.4, 0.5) is 11.4 Å². The molecule has 0 aliphatic carbocycles. The summed E-state index contributed by atoms with van der Waals surface area (Å²) in [5, 5.41) is 19.2. The van der Waals surface area contributed by atoms with Crippen molar-refractivity contribution in [2.45, 2.75) is 64.8 Å². The van der Waals surface area contributed by atoms with Crippen LogP contribution >= 0.6 is 31.9 Å². The highest BCUT2D eigenvalue weighted by Gasteiger charge is 2.21. The van der Waals surface area contributed by atoms with Crippen molar-refractivity contribution in [1.29, 1.82) is 0 Å². The smallest absolute Gasteiger partial charge is 0.0434 e. The SMILES string of the molecule is CC(C)N1CCN(c2ccc(/C(=C(/CCCO)c3ccccc3)c3ccc(Br)cc3)cc2)CC1.OCCC/C(=C(\c1ccc(Br)cc1)c1ccc(N2CCCCC2)cc1)c1ccccc1. The van der Waals surface area contributed by atoms with Gasteiger partial charge < -0.3 is 20.0 Å². The first-order valence-corrected chi connectivity index (χ1v) is 25.2. The molecule has 0 aromatic heterocycles. The minimum Gasteiger partial charge on any atom is -0.396 e. The third-order valence-electron chi connectivity index (χ3n) is 12.7. The molecule has 8 rings (SSSR count). The van der Waals surface area contributed by atoms with Gasteiger partial charge in [-0.05, 0) is 163 Å². The molecule has 6 aromatic rings. The van der Waals surface area contributed by atoms with Crippen molar-refractivity contribution in [1.82, 2.24) is 4.90 Å². The summed E-state index contributed by atoms with van der Waals surface area (Å²) in [6, 6.07) is 57.1. The van der Waals surface area contributed by atoms with Gasteiger partial charge in [0.1, 0.15) is 0 Å². The van der Waals surface area contributed by atoms with E-state index in [0.717, 1.165) is 73.9 Å². The number of hydrogen-bond donors (Lipinski definition) is 2. The van der Waals surface area contributed by atoms with Crippen LogP contribution in [0.2, 0.25) is 0 Å². The Morgan fingerprint density at radius 3 is 1.14 bits per heavy atom. The molecule has 0 amide bonds. The van der Waals surface area contributed by atoms with Crippen LogP contribution in [0.3, 0.4) is 0 Å². The number of halogens is 2. The molecule has 65 heavy (non-hydrogen) atoms. The van der Waals surface area contributed by atoms with Crippen LogP contribution in [-0.2, 0) is 0 Å². The van der Waals surface area contributed by atoms with Gasteiger partial charge in [0.25, 0.3) is 0 Å². The molecule has 2 aliphatic rings. The van der Waals surface area contributed by atoms with Gasteiger partial charge in [-0.2, -0.15) is 0 Å². The summed E-state index contributed by atoms with van der Waals surface area (Å²) < 4.78 is 2.15. The molecule has 0 bridgehead atoms. The third kappa shape index (κ3) is 13.2. The fourth-order valence-corrected chi connectivity index (χ4v) is 9.74. The summed E-state index contributed by atoms with van der Waals surface area (Å²) >= 11 is 7.16. The molecule has 0 saturated carbocycles. The fraction of sp³-hybridized carbons (Fsp3) is 0.310. The molecule has 2 aliphatic heterocycles. The average Bonchev–Trinajstić information content (AvgIpc) is 3.36. The second-order valence-corrected chi connectivity index (χ2v) is 19.2. The number of aliphatic hydroxyl groups is 2. The second kappa shape index (κ2) is 24.7. The number of anilines is 2. The number of piperidine rings is 1. The molecular weight excluding hydrogens is 930 g/mol. The van der Waals surface area contributed by atoms with Crippen LogP contribution in [0.5, 0.6) is 0 Å². The molecule has 2 heterocycles. The standard InChI is InChI=1S/C30H35BrN2O.C28H30BrNO/c1-23(2)32-18-20-33(21-19-32)28-16-12-26(13-17-28)30(25-10-14-27(31)15-11-25)29(9-6-22-34)24-7-4-3-5-8-24;29-25-15-11-23(12-16-25)28(27(10-7-21-31)22-8-3-1-4-9-22)24-13-17-26(18-14-24)30-19-5-2-6-20-30/h3-5,7-8,10-17,23,34H,6,9,18-22H2,1-2H3;1,3-4,8-9,11-18,31H,2,5-7,10,19-21H2/b30-29-;28-27-. The molecule has 0 radical (unpaired) electrons. The van der Waals surface area contributed by atoms with Crippen LogP contribution in [-0.4, -0.2) is 73.6 Å². The summed E-state index contributed by atoms with van der Waals surface area (Å²) in [5.41, 5.74) is 14.9. The molecule has 7 heteroatoms. The maximum Gasteiger partial charge on any atom is 0.0434 e. The molecule has 0 spiro atoms. The molecule has 2 N–H and O–H groups in total. The number of nitrogens with zero attached hydrogens (tertiary/aromatic N) is 3. The maximum atomic E-state index is 9.62. The zero-order chi connectivity index (χ0) is 45.4. The molecular formula is C58H65Br2N3O2. The van der Waals surface area contributed by atoms with Crippen LogP contribution in [0.25, 0.3) is 22.3 Å². The van der Waals surface area contributed by atoms with Crippen molar-refractivity contribution in [3.05, 3.63) is 200 Å². The van der Waals surface area contributed by atoms with Crippen LogP contribution in [0, 0.1) is 0 Å². The fourth-order valence-electron chi connectivity index (χ4n) is 9.21. The van der Waals surface area contributed by atoms with E-state index in [4.69, 9.17) is 0 Å². The Morgan fingerprint density at radius 2 is 0.785 bits per heavy atom. The number of hydrogen-bond acceptors (Lipinski definition) is 5. The normalized spacial score (nSPS) is 15.2. The molecule has 2 fully saturated rings. The van der Waals surface area contributed by atoms with Gasteiger partial charge in [0.05, 0.1) is 0 Å². The van der Waals surface area contributed by atoms with Crippen LogP contribution in [0.1, 0.15) is 92.2 Å².